The van der Waals surface area contributed by atoms with Crippen LogP contribution in [0.2, 0.25) is 0 Å². The maximum atomic E-state index is 13.3. The lowest BCUT2D eigenvalue weighted by atomic mass is 9.99. The van der Waals surface area contributed by atoms with Gasteiger partial charge in [0.25, 0.3) is 0 Å². The highest BCUT2D eigenvalue weighted by Gasteiger charge is 2.26. The molecule has 0 spiro atoms. The normalized spacial score (nSPS) is 12.1. The number of nitriles is 1. The monoisotopic (exact) mass is 408 g/mol. The number of ketones is 1. The second-order valence-corrected chi connectivity index (χ2v) is 8.05. The van der Waals surface area contributed by atoms with Crippen molar-refractivity contribution in [3.05, 3.63) is 89.1 Å². The molecule has 1 atom stereocenters. The second kappa shape index (κ2) is 7.21. The van der Waals surface area contributed by atoms with Crippen LogP contribution in [0, 0.1) is 18.3 Å². The zero-order chi connectivity index (χ0) is 20.7. The Hall–Kier alpha value is -3.82. The molecule has 0 fully saturated rings. The number of rotatable bonds is 4. The molecule has 0 unspecified atom stereocenters. The van der Waals surface area contributed by atoms with E-state index in [9.17, 15) is 10.1 Å². The second-order valence-electron chi connectivity index (χ2n) is 7.02. The van der Waals surface area contributed by atoms with Crippen molar-refractivity contribution in [2.24, 2.45) is 0 Å². The van der Waals surface area contributed by atoms with Gasteiger partial charge in [-0.25, -0.2) is 4.68 Å². The SMILES string of the molecule is Cc1nn(-c2ccccc2)c2sc(C(=O)[C@H](C#N)c3ccc4ccccc4n3)cc12. The summed E-state index contributed by atoms with van der Waals surface area (Å²) in [6.45, 7) is 1.93. The Balaban J connectivity index is 1.57. The van der Waals surface area contributed by atoms with Crippen molar-refractivity contribution in [3.63, 3.8) is 0 Å². The maximum absolute atomic E-state index is 13.3. The maximum Gasteiger partial charge on any atom is 0.196 e. The van der Waals surface area contributed by atoms with Gasteiger partial charge in [0.15, 0.2) is 11.7 Å². The highest BCUT2D eigenvalue weighted by Crippen LogP contribution is 2.33. The van der Waals surface area contributed by atoms with E-state index in [1.807, 2.05) is 78.3 Å². The Morgan fingerprint density at radius 1 is 1.07 bits per heavy atom. The van der Waals surface area contributed by atoms with Crippen LogP contribution in [0.4, 0.5) is 0 Å². The van der Waals surface area contributed by atoms with E-state index in [4.69, 9.17) is 0 Å². The third kappa shape index (κ3) is 2.97. The summed E-state index contributed by atoms with van der Waals surface area (Å²) in [5.74, 6) is -1.18. The number of aromatic nitrogens is 3. The number of aryl methyl sites for hydroxylation is 1. The van der Waals surface area contributed by atoms with Gasteiger partial charge in [0.05, 0.1) is 33.5 Å². The van der Waals surface area contributed by atoms with Crippen molar-refractivity contribution >= 4 is 38.2 Å². The van der Waals surface area contributed by atoms with Gasteiger partial charge in [0.2, 0.25) is 0 Å². The van der Waals surface area contributed by atoms with Crippen molar-refractivity contribution in [2.45, 2.75) is 12.8 Å². The topological polar surface area (TPSA) is 71.6 Å². The fourth-order valence-corrected chi connectivity index (χ4v) is 4.71. The predicted molar refractivity (Wildman–Crippen MR) is 118 cm³/mol. The number of Topliss-reactive ketones (excluding diaryl/α,β-unsaturated/α-hetero) is 1. The number of hydrogen-bond acceptors (Lipinski definition) is 5. The van der Waals surface area contributed by atoms with Crippen LogP contribution in [0.25, 0.3) is 26.8 Å². The molecule has 0 aliphatic carbocycles. The summed E-state index contributed by atoms with van der Waals surface area (Å²) in [6.07, 6.45) is 0. The molecule has 0 saturated heterocycles. The largest absolute Gasteiger partial charge is 0.291 e. The molecule has 5 rings (SSSR count). The van der Waals surface area contributed by atoms with Gasteiger partial charge in [0.1, 0.15) is 4.83 Å². The summed E-state index contributed by atoms with van der Waals surface area (Å²) < 4.78 is 1.85. The molecule has 6 heteroatoms. The third-order valence-corrected chi connectivity index (χ3v) is 6.22. The van der Waals surface area contributed by atoms with Gasteiger partial charge in [-0.2, -0.15) is 10.4 Å². The zero-order valence-corrected chi connectivity index (χ0v) is 16.9. The van der Waals surface area contributed by atoms with Gasteiger partial charge in [-0.05, 0) is 37.3 Å². The molecule has 0 radical (unpaired) electrons. The van der Waals surface area contributed by atoms with Gasteiger partial charge in [-0.3, -0.25) is 9.78 Å². The highest BCUT2D eigenvalue weighted by atomic mass is 32.1. The number of nitrogens with zero attached hydrogens (tertiary/aromatic N) is 4. The van der Waals surface area contributed by atoms with E-state index in [2.05, 4.69) is 16.2 Å². The van der Waals surface area contributed by atoms with Crippen molar-refractivity contribution in [2.75, 3.05) is 0 Å². The number of para-hydroxylation sites is 2. The molecule has 3 heterocycles. The van der Waals surface area contributed by atoms with Crippen LogP contribution in [0.1, 0.15) is 27.0 Å². The van der Waals surface area contributed by atoms with Gasteiger partial charge in [-0.1, -0.05) is 42.5 Å². The van der Waals surface area contributed by atoms with E-state index in [-0.39, 0.29) is 5.78 Å². The van der Waals surface area contributed by atoms with Crippen LogP contribution in [-0.4, -0.2) is 20.5 Å². The Labute approximate surface area is 176 Å². The van der Waals surface area contributed by atoms with Crippen LogP contribution >= 0.6 is 11.3 Å². The predicted octanol–water partition coefficient (Wildman–Crippen LogP) is 5.43. The lowest BCUT2D eigenvalue weighted by molar-refractivity contribution is 0.0981. The zero-order valence-electron chi connectivity index (χ0n) is 16.1. The molecule has 144 valence electrons. The molecule has 5 nitrogen and oxygen atoms in total. The molecule has 2 aromatic carbocycles. The first-order chi connectivity index (χ1) is 14.7. The summed E-state index contributed by atoms with van der Waals surface area (Å²) >= 11 is 1.36. The van der Waals surface area contributed by atoms with E-state index in [1.165, 1.54) is 11.3 Å². The van der Waals surface area contributed by atoms with E-state index in [0.29, 0.717) is 10.6 Å². The minimum atomic E-state index is -0.948. The van der Waals surface area contributed by atoms with Crippen LogP contribution < -0.4 is 0 Å². The number of hydrogen-bond donors (Lipinski definition) is 0. The molecule has 0 aliphatic heterocycles. The van der Waals surface area contributed by atoms with Crippen molar-refractivity contribution in [1.82, 2.24) is 14.8 Å². The molecule has 0 bridgehead atoms. The van der Waals surface area contributed by atoms with E-state index in [1.54, 1.807) is 6.07 Å². The number of carbonyl (C=O) groups excluding carboxylic acids is 1. The lowest BCUT2D eigenvalue weighted by Crippen LogP contribution is -2.11. The average Bonchev–Trinajstić information content (AvgIpc) is 3.35. The molecule has 0 saturated carbocycles. The van der Waals surface area contributed by atoms with Crippen molar-refractivity contribution in [1.29, 1.82) is 5.26 Å². The molecule has 0 aliphatic rings. The van der Waals surface area contributed by atoms with E-state index in [0.717, 1.165) is 32.5 Å². The number of thiophene rings is 1. The Kier molecular flexibility index (Phi) is 4.38. The molecular weight excluding hydrogens is 392 g/mol. The summed E-state index contributed by atoms with van der Waals surface area (Å²) in [5, 5.41) is 16.3. The average molecular weight is 408 g/mol. The van der Waals surface area contributed by atoms with Gasteiger partial charge in [-0.15, -0.1) is 11.3 Å². The minimum absolute atomic E-state index is 0.236. The Morgan fingerprint density at radius 3 is 2.63 bits per heavy atom. The summed E-state index contributed by atoms with van der Waals surface area (Å²) in [7, 11) is 0. The summed E-state index contributed by atoms with van der Waals surface area (Å²) in [4.78, 5) is 19.3. The van der Waals surface area contributed by atoms with Crippen molar-refractivity contribution in [3.8, 4) is 11.8 Å². The van der Waals surface area contributed by atoms with Crippen LogP contribution in [0.5, 0.6) is 0 Å². The molecule has 30 heavy (non-hydrogen) atoms. The number of pyridine rings is 1. The fraction of sp³-hybridized carbons (Fsp3) is 0.0833. The molecule has 5 aromatic rings. The Morgan fingerprint density at radius 2 is 1.83 bits per heavy atom. The summed E-state index contributed by atoms with van der Waals surface area (Å²) in [6, 6.07) is 25.1. The summed E-state index contributed by atoms with van der Waals surface area (Å²) in [5.41, 5.74) is 3.03. The third-order valence-electron chi connectivity index (χ3n) is 5.10. The van der Waals surface area contributed by atoms with E-state index < -0.39 is 5.92 Å². The fourth-order valence-electron chi connectivity index (χ4n) is 3.56. The first-order valence-corrected chi connectivity index (χ1v) is 10.3. The lowest BCUT2D eigenvalue weighted by Gasteiger charge is -2.08. The van der Waals surface area contributed by atoms with Gasteiger partial charge < -0.3 is 0 Å². The quantitative estimate of drug-likeness (QED) is 0.372. The first-order valence-electron chi connectivity index (χ1n) is 9.50. The molecular formula is C24H16N4OS. The molecule has 0 N–H and O–H groups in total. The standard InChI is InChI=1S/C24H16N4OS/c1-15-18-13-22(30-24(18)28(27-15)17-8-3-2-4-9-17)23(29)19(14-25)21-12-11-16-7-5-6-10-20(16)26-21/h2-13,19H,1H3/t19-/m1/s1. The molecule has 0 amide bonds. The Bertz CT molecular complexity index is 1440. The number of fused-ring (bicyclic) bond motifs is 2. The molecule has 3 aromatic heterocycles. The smallest absolute Gasteiger partial charge is 0.196 e. The number of benzene rings is 2. The van der Waals surface area contributed by atoms with Gasteiger partial charge >= 0.3 is 0 Å². The van der Waals surface area contributed by atoms with E-state index >= 15 is 0 Å². The number of carbonyl (C=O) groups is 1. The van der Waals surface area contributed by atoms with Crippen molar-refractivity contribution < 1.29 is 4.79 Å². The van der Waals surface area contributed by atoms with Crippen LogP contribution in [-0.2, 0) is 0 Å². The van der Waals surface area contributed by atoms with Gasteiger partial charge in [0, 0.05) is 10.8 Å². The first kappa shape index (κ1) is 18.2. The van der Waals surface area contributed by atoms with Crippen LogP contribution in [0.15, 0.2) is 72.8 Å². The highest BCUT2D eigenvalue weighted by molar-refractivity contribution is 7.20. The van der Waals surface area contributed by atoms with Crippen LogP contribution in [0.3, 0.4) is 0 Å². The minimum Gasteiger partial charge on any atom is -0.291 e.